The molecule has 9 heteroatoms. The number of nitrogens with zero attached hydrogens (tertiary/aromatic N) is 4. The van der Waals surface area contributed by atoms with Crippen molar-refractivity contribution < 1.29 is 9.13 Å². The molecular formula is C22H24BrFN6O. The average molecular weight is 487 g/mol. The van der Waals surface area contributed by atoms with Crippen molar-refractivity contribution in [1.29, 1.82) is 0 Å². The lowest BCUT2D eigenvalue weighted by Gasteiger charge is -2.25. The molecule has 3 aromatic rings. The number of benzene rings is 1. The summed E-state index contributed by atoms with van der Waals surface area (Å²) in [7, 11) is 0. The molecule has 31 heavy (non-hydrogen) atoms. The van der Waals surface area contributed by atoms with Gasteiger partial charge in [-0.1, -0.05) is 15.9 Å². The number of rotatable bonds is 6. The Morgan fingerprint density at radius 3 is 2.94 bits per heavy atom. The largest absolute Gasteiger partial charge is 0.383 e. The molecule has 1 aromatic carbocycles. The number of nitrogens with two attached hydrogens (primary N) is 1. The first-order valence-electron chi connectivity index (χ1n) is 10.1. The first-order chi connectivity index (χ1) is 15.0. The zero-order valence-electron chi connectivity index (χ0n) is 17.1. The highest BCUT2D eigenvalue weighted by Crippen LogP contribution is 2.32. The average Bonchev–Trinajstić information content (AvgIpc) is 3.21. The lowest BCUT2D eigenvalue weighted by molar-refractivity contribution is 0.0773. The van der Waals surface area contributed by atoms with E-state index in [4.69, 9.17) is 15.5 Å². The van der Waals surface area contributed by atoms with Crippen molar-refractivity contribution in [2.75, 3.05) is 13.2 Å². The summed E-state index contributed by atoms with van der Waals surface area (Å²) in [5.41, 5.74) is 8.35. The molecule has 1 fully saturated rings. The minimum atomic E-state index is -0.306. The minimum Gasteiger partial charge on any atom is -0.383 e. The predicted molar refractivity (Wildman–Crippen MR) is 125 cm³/mol. The summed E-state index contributed by atoms with van der Waals surface area (Å²) in [6.45, 7) is 3.62. The third kappa shape index (κ3) is 5.00. The highest BCUT2D eigenvalue weighted by molar-refractivity contribution is 9.11. The van der Waals surface area contributed by atoms with Crippen molar-refractivity contribution in [3.63, 3.8) is 0 Å². The van der Waals surface area contributed by atoms with Gasteiger partial charge < -0.3 is 15.8 Å². The van der Waals surface area contributed by atoms with Crippen LogP contribution in [-0.2, 0) is 4.74 Å². The summed E-state index contributed by atoms with van der Waals surface area (Å²) >= 11 is 3.26. The van der Waals surface area contributed by atoms with E-state index < -0.39 is 0 Å². The molecular weight excluding hydrogens is 463 g/mol. The van der Waals surface area contributed by atoms with E-state index in [0.717, 1.165) is 42.7 Å². The minimum absolute atomic E-state index is 0.0531. The Hall–Kier alpha value is -2.62. The number of halogens is 2. The summed E-state index contributed by atoms with van der Waals surface area (Å²) in [5, 5.41) is 8.67. The van der Waals surface area contributed by atoms with Gasteiger partial charge in [-0.3, -0.25) is 4.98 Å². The van der Waals surface area contributed by atoms with E-state index in [-0.39, 0.29) is 11.9 Å². The molecule has 3 N–H and O–H groups in total. The molecule has 1 atom stereocenters. The number of nitrogens with one attached hydrogen (secondary N) is 1. The summed E-state index contributed by atoms with van der Waals surface area (Å²) in [5.74, 6) is 0.662. The van der Waals surface area contributed by atoms with Crippen LogP contribution in [0.4, 0.5) is 10.2 Å². The second kappa shape index (κ2) is 9.67. The standard InChI is InChI=1S/C22H24BrFN6O/c1-14(29-18-4-6-31-7-5-18)11-27-22-19(13-28-30(22)21(25)10-23)16-8-15-9-17(24)2-3-20(15)26-12-16/h2-3,8-14,18,29H,4-7,25H2,1H3/b21-10+,27-11+. The fraction of sp³-hybridized carbons (Fsp3) is 0.318. The Kier molecular flexibility index (Phi) is 6.74. The van der Waals surface area contributed by atoms with Gasteiger partial charge in [0, 0.05) is 59.2 Å². The van der Waals surface area contributed by atoms with Crippen molar-refractivity contribution in [2.24, 2.45) is 10.7 Å². The first kappa shape index (κ1) is 21.6. The molecule has 162 valence electrons. The third-order valence-corrected chi connectivity index (χ3v) is 5.66. The van der Waals surface area contributed by atoms with Crippen LogP contribution in [0.15, 0.2) is 46.6 Å². The molecule has 3 heterocycles. The monoisotopic (exact) mass is 486 g/mol. The summed E-state index contributed by atoms with van der Waals surface area (Å²) in [4.78, 5) is 10.7. The number of aromatic nitrogens is 3. The number of fused-ring (bicyclic) bond motifs is 1. The molecule has 1 saturated heterocycles. The second-order valence-electron chi connectivity index (χ2n) is 7.51. The number of hydrogen-bond acceptors (Lipinski definition) is 6. The van der Waals surface area contributed by atoms with Gasteiger partial charge in [-0.15, -0.1) is 0 Å². The van der Waals surface area contributed by atoms with Crippen LogP contribution in [-0.4, -0.2) is 46.3 Å². The second-order valence-corrected chi connectivity index (χ2v) is 7.97. The SMILES string of the molecule is CC(/C=N/c1c(-c2cnc3ccc(F)cc3c2)cnn1/C(N)=C/Br)NC1CCOCC1. The van der Waals surface area contributed by atoms with Gasteiger partial charge in [0.15, 0.2) is 5.82 Å². The van der Waals surface area contributed by atoms with Crippen molar-refractivity contribution in [1.82, 2.24) is 20.1 Å². The fourth-order valence-corrected chi connectivity index (χ4v) is 3.81. The molecule has 7 nitrogen and oxygen atoms in total. The van der Waals surface area contributed by atoms with E-state index in [1.165, 1.54) is 12.1 Å². The van der Waals surface area contributed by atoms with E-state index >= 15 is 0 Å². The van der Waals surface area contributed by atoms with Crippen LogP contribution in [0.25, 0.3) is 27.9 Å². The van der Waals surface area contributed by atoms with Crippen LogP contribution in [0.2, 0.25) is 0 Å². The highest BCUT2D eigenvalue weighted by atomic mass is 79.9. The maximum absolute atomic E-state index is 13.7. The smallest absolute Gasteiger partial charge is 0.164 e. The van der Waals surface area contributed by atoms with Gasteiger partial charge in [0.25, 0.3) is 0 Å². The summed E-state index contributed by atoms with van der Waals surface area (Å²) < 4.78 is 20.7. The van der Waals surface area contributed by atoms with Crippen LogP contribution in [0.1, 0.15) is 19.8 Å². The van der Waals surface area contributed by atoms with Crippen molar-refractivity contribution >= 4 is 44.7 Å². The Bertz CT molecular complexity index is 1120. The molecule has 1 aliphatic heterocycles. The molecule has 0 aliphatic carbocycles. The first-order valence-corrected chi connectivity index (χ1v) is 11.0. The van der Waals surface area contributed by atoms with Crippen LogP contribution in [0.3, 0.4) is 0 Å². The van der Waals surface area contributed by atoms with E-state index in [0.29, 0.717) is 23.1 Å². The van der Waals surface area contributed by atoms with Crippen LogP contribution >= 0.6 is 15.9 Å². The van der Waals surface area contributed by atoms with Crippen molar-refractivity contribution in [2.45, 2.75) is 31.8 Å². The molecule has 2 aromatic heterocycles. The van der Waals surface area contributed by atoms with Crippen molar-refractivity contribution in [3.8, 4) is 11.1 Å². The van der Waals surface area contributed by atoms with Gasteiger partial charge in [-0.2, -0.15) is 9.78 Å². The molecule has 0 radical (unpaired) electrons. The number of pyridine rings is 1. The zero-order valence-corrected chi connectivity index (χ0v) is 18.7. The molecule has 1 unspecified atom stereocenters. The lowest BCUT2D eigenvalue weighted by Crippen LogP contribution is -2.40. The zero-order chi connectivity index (χ0) is 21.8. The summed E-state index contributed by atoms with van der Waals surface area (Å²) in [6.07, 6.45) is 7.25. The van der Waals surface area contributed by atoms with E-state index in [1.807, 2.05) is 12.3 Å². The Labute approximate surface area is 188 Å². The van der Waals surface area contributed by atoms with Gasteiger partial charge in [-0.25, -0.2) is 9.38 Å². The van der Waals surface area contributed by atoms with Crippen LogP contribution < -0.4 is 11.1 Å². The Balaban J connectivity index is 1.66. The Morgan fingerprint density at radius 2 is 2.16 bits per heavy atom. The quantitative estimate of drug-likeness (QED) is 0.509. The molecule has 0 saturated carbocycles. The highest BCUT2D eigenvalue weighted by Gasteiger charge is 2.17. The molecule has 1 aliphatic rings. The predicted octanol–water partition coefficient (Wildman–Crippen LogP) is 4.21. The normalized spacial score (nSPS) is 16.9. The number of ether oxygens (including phenoxy) is 1. The molecule has 0 spiro atoms. The molecule has 0 bridgehead atoms. The summed E-state index contributed by atoms with van der Waals surface area (Å²) in [6, 6.07) is 6.86. The Morgan fingerprint density at radius 1 is 1.35 bits per heavy atom. The fourth-order valence-electron chi connectivity index (χ4n) is 3.62. The third-order valence-electron chi connectivity index (χ3n) is 5.19. The van der Waals surface area contributed by atoms with Crippen LogP contribution in [0, 0.1) is 5.82 Å². The van der Waals surface area contributed by atoms with Crippen LogP contribution in [0.5, 0.6) is 0 Å². The van der Waals surface area contributed by atoms with E-state index in [9.17, 15) is 4.39 Å². The maximum Gasteiger partial charge on any atom is 0.164 e. The van der Waals surface area contributed by atoms with Gasteiger partial charge in [-0.05, 0) is 44.0 Å². The van der Waals surface area contributed by atoms with Gasteiger partial charge in [0.1, 0.15) is 11.6 Å². The molecule has 0 amide bonds. The van der Waals surface area contributed by atoms with Crippen molar-refractivity contribution in [3.05, 3.63) is 47.5 Å². The van der Waals surface area contributed by atoms with Gasteiger partial charge in [0.2, 0.25) is 0 Å². The molecule has 4 rings (SSSR count). The lowest BCUT2D eigenvalue weighted by atomic mass is 10.1. The van der Waals surface area contributed by atoms with Gasteiger partial charge >= 0.3 is 0 Å². The van der Waals surface area contributed by atoms with Gasteiger partial charge in [0.05, 0.1) is 11.7 Å². The van der Waals surface area contributed by atoms with E-state index in [2.05, 4.69) is 38.3 Å². The van der Waals surface area contributed by atoms with E-state index in [1.54, 1.807) is 28.1 Å². The number of hydrogen-bond donors (Lipinski definition) is 2. The number of aliphatic imine (C=N–C) groups is 1. The maximum atomic E-state index is 13.7. The topological polar surface area (TPSA) is 90.4 Å².